The molecule has 5 heteroatoms. The van der Waals surface area contributed by atoms with Crippen LogP contribution in [0.3, 0.4) is 0 Å². The molecule has 0 aliphatic carbocycles. The molecule has 18 heavy (non-hydrogen) atoms. The number of nitrogens with one attached hydrogen (secondary N) is 2. The number of amides is 2. The van der Waals surface area contributed by atoms with Gasteiger partial charge < -0.3 is 15.5 Å². The zero-order valence-electron chi connectivity index (χ0n) is 12.2. The zero-order chi connectivity index (χ0) is 14.1. The van der Waals surface area contributed by atoms with E-state index in [0.717, 1.165) is 13.1 Å². The van der Waals surface area contributed by atoms with Crippen LogP contribution >= 0.6 is 0 Å². The Bertz CT molecular complexity index is 263. The van der Waals surface area contributed by atoms with Gasteiger partial charge in [-0.2, -0.15) is 0 Å². The molecule has 0 aromatic rings. The monoisotopic (exact) mass is 257 g/mol. The third-order valence-corrected chi connectivity index (χ3v) is 2.73. The van der Waals surface area contributed by atoms with Crippen LogP contribution in [0.1, 0.15) is 41.0 Å². The van der Waals surface area contributed by atoms with E-state index < -0.39 is 0 Å². The lowest BCUT2D eigenvalue weighted by Gasteiger charge is -2.20. The Labute approximate surface area is 110 Å². The molecule has 1 unspecified atom stereocenters. The van der Waals surface area contributed by atoms with Crippen molar-refractivity contribution in [1.29, 1.82) is 0 Å². The molecule has 0 saturated carbocycles. The molecule has 0 bridgehead atoms. The Morgan fingerprint density at radius 3 is 2.11 bits per heavy atom. The fourth-order valence-corrected chi connectivity index (χ4v) is 1.63. The number of rotatable bonds is 8. The molecule has 0 aliphatic rings. The summed E-state index contributed by atoms with van der Waals surface area (Å²) in [6.45, 7) is 11.6. The molecule has 0 fully saturated rings. The van der Waals surface area contributed by atoms with Gasteiger partial charge in [0.2, 0.25) is 11.8 Å². The third kappa shape index (κ3) is 6.59. The van der Waals surface area contributed by atoms with Crippen LogP contribution in [0.4, 0.5) is 0 Å². The van der Waals surface area contributed by atoms with Gasteiger partial charge in [0, 0.05) is 32.1 Å². The van der Waals surface area contributed by atoms with Crippen LogP contribution in [0.15, 0.2) is 0 Å². The van der Waals surface area contributed by atoms with Crippen LogP contribution in [0.25, 0.3) is 0 Å². The Hall–Kier alpha value is -1.10. The van der Waals surface area contributed by atoms with Crippen LogP contribution in [-0.2, 0) is 9.59 Å². The standard InChI is InChI=1S/C13H27N3O2/c1-6-16(7-2)12(17)8-9-14-11(5)13(18)15-10(3)4/h10-11,14H,6-9H2,1-5H3,(H,15,18). The van der Waals surface area contributed by atoms with Gasteiger partial charge in [-0.25, -0.2) is 0 Å². The summed E-state index contributed by atoms with van der Waals surface area (Å²) in [5, 5.41) is 5.89. The van der Waals surface area contributed by atoms with E-state index in [1.807, 2.05) is 27.7 Å². The zero-order valence-corrected chi connectivity index (χ0v) is 12.2. The van der Waals surface area contributed by atoms with Crippen LogP contribution in [0.5, 0.6) is 0 Å². The topological polar surface area (TPSA) is 61.4 Å². The summed E-state index contributed by atoms with van der Waals surface area (Å²) in [6.07, 6.45) is 0.432. The molecule has 0 saturated heterocycles. The first-order valence-electron chi connectivity index (χ1n) is 6.73. The normalized spacial score (nSPS) is 12.3. The summed E-state index contributed by atoms with van der Waals surface area (Å²) in [5.41, 5.74) is 0. The first kappa shape index (κ1) is 16.9. The lowest BCUT2D eigenvalue weighted by atomic mass is 10.2. The largest absolute Gasteiger partial charge is 0.353 e. The summed E-state index contributed by atoms with van der Waals surface area (Å²) in [4.78, 5) is 25.1. The van der Waals surface area contributed by atoms with Crippen molar-refractivity contribution in [1.82, 2.24) is 15.5 Å². The number of hydrogen-bond acceptors (Lipinski definition) is 3. The van der Waals surface area contributed by atoms with Crippen LogP contribution in [0, 0.1) is 0 Å². The van der Waals surface area contributed by atoms with E-state index in [9.17, 15) is 9.59 Å². The smallest absolute Gasteiger partial charge is 0.237 e. The molecule has 0 aromatic carbocycles. The van der Waals surface area contributed by atoms with Gasteiger partial charge in [0.15, 0.2) is 0 Å². The van der Waals surface area contributed by atoms with Crippen molar-refractivity contribution in [2.75, 3.05) is 19.6 Å². The predicted octanol–water partition coefficient (Wildman–Crippen LogP) is 0.748. The number of carbonyl (C=O) groups excluding carboxylic acids is 2. The molecule has 2 N–H and O–H groups in total. The van der Waals surface area contributed by atoms with Gasteiger partial charge in [0.05, 0.1) is 6.04 Å². The van der Waals surface area contributed by atoms with Gasteiger partial charge in [-0.15, -0.1) is 0 Å². The fourth-order valence-electron chi connectivity index (χ4n) is 1.63. The molecular weight excluding hydrogens is 230 g/mol. The summed E-state index contributed by atoms with van der Waals surface area (Å²) in [7, 11) is 0. The van der Waals surface area contributed by atoms with E-state index in [1.54, 1.807) is 11.8 Å². The first-order valence-corrected chi connectivity index (χ1v) is 6.73. The average molecular weight is 257 g/mol. The average Bonchev–Trinajstić information content (AvgIpc) is 2.29. The van der Waals surface area contributed by atoms with E-state index in [1.165, 1.54) is 0 Å². The lowest BCUT2D eigenvalue weighted by molar-refractivity contribution is -0.131. The van der Waals surface area contributed by atoms with E-state index >= 15 is 0 Å². The minimum Gasteiger partial charge on any atom is -0.353 e. The Morgan fingerprint density at radius 1 is 1.11 bits per heavy atom. The Morgan fingerprint density at radius 2 is 1.67 bits per heavy atom. The number of carbonyl (C=O) groups is 2. The molecule has 106 valence electrons. The highest BCUT2D eigenvalue weighted by Crippen LogP contribution is 1.93. The second kappa shape index (κ2) is 8.91. The predicted molar refractivity (Wildman–Crippen MR) is 73.3 cm³/mol. The molecule has 0 spiro atoms. The number of hydrogen-bond donors (Lipinski definition) is 2. The minimum atomic E-state index is -0.267. The lowest BCUT2D eigenvalue weighted by Crippen LogP contribution is -2.45. The molecule has 0 aromatic heterocycles. The van der Waals surface area contributed by atoms with Gasteiger partial charge in [0.25, 0.3) is 0 Å². The molecule has 5 nitrogen and oxygen atoms in total. The first-order chi connectivity index (χ1) is 8.42. The maximum atomic E-state index is 11.7. The van der Waals surface area contributed by atoms with E-state index in [2.05, 4.69) is 10.6 Å². The minimum absolute atomic E-state index is 0.0275. The second-order valence-electron chi connectivity index (χ2n) is 4.66. The third-order valence-electron chi connectivity index (χ3n) is 2.73. The Balaban J connectivity index is 3.90. The van der Waals surface area contributed by atoms with Gasteiger partial charge in [-0.1, -0.05) is 0 Å². The van der Waals surface area contributed by atoms with Gasteiger partial charge in [0.1, 0.15) is 0 Å². The van der Waals surface area contributed by atoms with Gasteiger partial charge in [-0.3, -0.25) is 9.59 Å². The number of nitrogens with zero attached hydrogens (tertiary/aromatic N) is 1. The second-order valence-corrected chi connectivity index (χ2v) is 4.66. The maximum Gasteiger partial charge on any atom is 0.237 e. The maximum absolute atomic E-state index is 11.7. The molecule has 2 amide bonds. The molecule has 0 aliphatic heterocycles. The van der Waals surface area contributed by atoms with Gasteiger partial charge in [-0.05, 0) is 34.6 Å². The fraction of sp³-hybridized carbons (Fsp3) is 0.846. The van der Waals surface area contributed by atoms with Gasteiger partial charge >= 0.3 is 0 Å². The van der Waals surface area contributed by atoms with Crippen LogP contribution in [0.2, 0.25) is 0 Å². The quantitative estimate of drug-likeness (QED) is 0.674. The highest BCUT2D eigenvalue weighted by molar-refractivity contribution is 5.81. The molecular formula is C13H27N3O2. The van der Waals surface area contributed by atoms with Crippen molar-refractivity contribution >= 4 is 11.8 Å². The van der Waals surface area contributed by atoms with E-state index in [0.29, 0.717) is 13.0 Å². The van der Waals surface area contributed by atoms with Crippen molar-refractivity contribution in [3.63, 3.8) is 0 Å². The van der Waals surface area contributed by atoms with Crippen molar-refractivity contribution in [3.8, 4) is 0 Å². The highest BCUT2D eigenvalue weighted by Gasteiger charge is 2.14. The van der Waals surface area contributed by atoms with Crippen molar-refractivity contribution in [2.24, 2.45) is 0 Å². The molecule has 0 heterocycles. The summed E-state index contributed by atoms with van der Waals surface area (Å²) < 4.78 is 0. The summed E-state index contributed by atoms with van der Waals surface area (Å²) in [5.74, 6) is 0.101. The molecule has 1 atom stereocenters. The van der Waals surface area contributed by atoms with Crippen LogP contribution in [-0.4, -0.2) is 48.4 Å². The summed E-state index contributed by atoms with van der Waals surface area (Å²) in [6, 6.07) is -0.129. The Kier molecular flexibility index (Phi) is 8.37. The van der Waals surface area contributed by atoms with E-state index in [4.69, 9.17) is 0 Å². The highest BCUT2D eigenvalue weighted by atomic mass is 16.2. The van der Waals surface area contributed by atoms with E-state index in [-0.39, 0.29) is 23.9 Å². The van der Waals surface area contributed by atoms with Crippen molar-refractivity contribution in [2.45, 2.75) is 53.1 Å². The molecule has 0 radical (unpaired) electrons. The molecule has 0 rings (SSSR count). The van der Waals surface area contributed by atoms with Crippen molar-refractivity contribution in [3.05, 3.63) is 0 Å². The van der Waals surface area contributed by atoms with Crippen LogP contribution < -0.4 is 10.6 Å². The SMILES string of the molecule is CCN(CC)C(=O)CCNC(C)C(=O)NC(C)C. The summed E-state index contributed by atoms with van der Waals surface area (Å²) >= 11 is 0. The van der Waals surface area contributed by atoms with Crippen molar-refractivity contribution < 1.29 is 9.59 Å².